The Morgan fingerprint density at radius 2 is 2.29 bits per heavy atom. The summed E-state index contributed by atoms with van der Waals surface area (Å²) in [5, 5.41) is 11.3. The van der Waals surface area contributed by atoms with E-state index in [0.717, 1.165) is 11.3 Å². The molecule has 0 saturated carbocycles. The van der Waals surface area contributed by atoms with Crippen LogP contribution in [-0.2, 0) is 0 Å². The first-order chi connectivity index (χ1) is 6.39. The van der Waals surface area contributed by atoms with E-state index < -0.39 is 18.8 Å². The highest BCUT2D eigenvalue weighted by atomic mass is 79.9. The lowest BCUT2D eigenvalue weighted by Crippen LogP contribution is -2.34. The van der Waals surface area contributed by atoms with E-state index in [9.17, 15) is 13.2 Å². The van der Waals surface area contributed by atoms with Crippen LogP contribution in [0.1, 0.15) is 0 Å². The number of aliphatic hydroxyl groups is 1. The van der Waals surface area contributed by atoms with Gasteiger partial charge in [0.25, 0.3) is 0 Å². The Balaban J connectivity index is 2.41. The average molecular weight is 291 g/mol. The smallest absolute Gasteiger partial charge is 0.382 e. The minimum Gasteiger partial charge on any atom is -0.382 e. The molecule has 1 atom stereocenters. The van der Waals surface area contributed by atoms with Crippen LogP contribution in [0.5, 0.6) is 0 Å². The van der Waals surface area contributed by atoms with E-state index in [1.54, 1.807) is 0 Å². The summed E-state index contributed by atoms with van der Waals surface area (Å²) in [6.07, 6.45) is -5.50. The maximum Gasteiger partial charge on any atom is 0.416 e. The molecule has 0 aliphatic carbocycles. The van der Waals surface area contributed by atoms with Crippen LogP contribution in [0.15, 0.2) is 9.98 Å². The van der Waals surface area contributed by atoms with Gasteiger partial charge in [-0.1, -0.05) is 11.3 Å². The Hall–Kier alpha value is -0.340. The Kier molecular flexibility index (Phi) is 3.73. The molecule has 0 aromatic carbocycles. The third-order valence-corrected chi connectivity index (χ3v) is 2.74. The van der Waals surface area contributed by atoms with Gasteiger partial charge < -0.3 is 10.4 Å². The molecule has 14 heavy (non-hydrogen) atoms. The number of nitrogens with one attached hydrogen (secondary N) is 1. The highest BCUT2D eigenvalue weighted by molar-refractivity contribution is 9.11. The molecule has 80 valence electrons. The van der Waals surface area contributed by atoms with Gasteiger partial charge in [0.1, 0.15) is 0 Å². The number of nitrogens with zero attached hydrogens (tertiary/aromatic N) is 1. The van der Waals surface area contributed by atoms with Crippen molar-refractivity contribution in [1.82, 2.24) is 4.98 Å². The van der Waals surface area contributed by atoms with Gasteiger partial charge in [0.15, 0.2) is 11.2 Å². The summed E-state index contributed by atoms with van der Waals surface area (Å²) in [5.74, 6) is 0. The van der Waals surface area contributed by atoms with Crippen LogP contribution in [0.4, 0.5) is 18.3 Å². The lowest BCUT2D eigenvalue weighted by molar-refractivity contribution is -0.198. The fourth-order valence-corrected chi connectivity index (χ4v) is 1.75. The zero-order chi connectivity index (χ0) is 10.8. The number of halogens is 4. The van der Waals surface area contributed by atoms with Gasteiger partial charge in [-0.3, -0.25) is 0 Å². The van der Waals surface area contributed by atoms with Crippen molar-refractivity contribution in [3.8, 4) is 0 Å². The molecular formula is C6H6BrF3N2OS. The summed E-state index contributed by atoms with van der Waals surface area (Å²) < 4.78 is 36.2. The van der Waals surface area contributed by atoms with Crippen molar-refractivity contribution in [3.05, 3.63) is 9.98 Å². The van der Waals surface area contributed by atoms with Crippen LogP contribution < -0.4 is 5.32 Å². The molecule has 0 fully saturated rings. The van der Waals surface area contributed by atoms with E-state index in [1.165, 1.54) is 6.20 Å². The van der Waals surface area contributed by atoms with E-state index in [2.05, 4.69) is 26.2 Å². The predicted octanol–water partition coefficient (Wildman–Crippen LogP) is 2.24. The monoisotopic (exact) mass is 290 g/mol. The number of hydrogen-bond acceptors (Lipinski definition) is 4. The van der Waals surface area contributed by atoms with Crippen molar-refractivity contribution < 1.29 is 18.3 Å². The maximum atomic E-state index is 11.8. The highest BCUT2D eigenvalue weighted by Gasteiger charge is 2.37. The fourth-order valence-electron chi connectivity index (χ4n) is 0.636. The number of alkyl halides is 3. The second kappa shape index (κ2) is 4.45. The van der Waals surface area contributed by atoms with Crippen LogP contribution in [0, 0.1) is 0 Å². The van der Waals surface area contributed by atoms with Crippen LogP contribution in [-0.4, -0.2) is 28.9 Å². The van der Waals surface area contributed by atoms with Crippen LogP contribution in [0.2, 0.25) is 0 Å². The summed E-state index contributed by atoms with van der Waals surface area (Å²) in [7, 11) is 0. The summed E-state index contributed by atoms with van der Waals surface area (Å²) in [5.41, 5.74) is 0. The molecule has 1 aromatic rings. The minimum absolute atomic E-state index is 0.333. The summed E-state index contributed by atoms with van der Waals surface area (Å²) in [4.78, 5) is 3.75. The molecule has 8 heteroatoms. The largest absolute Gasteiger partial charge is 0.416 e. The fraction of sp³-hybridized carbons (Fsp3) is 0.500. The quantitative estimate of drug-likeness (QED) is 0.897. The third kappa shape index (κ3) is 3.43. The van der Waals surface area contributed by atoms with Gasteiger partial charge in [-0.25, -0.2) is 4.98 Å². The number of rotatable bonds is 3. The predicted molar refractivity (Wildman–Crippen MR) is 50.4 cm³/mol. The molecule has 0 saturated heterocycles. The molecule has 1 heterocycles. The number of thiazole rings is 1. The lowest BCUT2D eigenvalue weighted by atomic mass is 10.3. The van der Waals surface area contributed by atoms with E-state index >= 15 is 0 Å². The highest BCUT2D eigenvalue weighted by Crippen LogP contribution is 2.24. The standard InChI is InChI=1S/C6H6BrF3N2OS/c7-4-2-12-5(14-4)11-1-3(13)6(8,9)10/h2-3,13H,1H2,(H,11,12). The molecule has 1 rings (SSSR count). The van der Waals surface area contributed by atoms with Gasteiger partial charge in [-0.05, 0) is 15.9 Å². The molecule has 0 amide bonds. The molecule has 0 spiro atoms. The lowest BCUT2D eigenvalue weighted by Gasteiger charge is -2.14. The van der Waals surface area contributed by atoms with Gasteiger partial charge in [-0.2, -0.15) is 13.2 Å². The van der Waals surface area contributed by atoms with Crippen molar-refractivity contribution in [1.29, 1.82) is 0 Å². The summed E-state index contributed by atoms with van der Waals surface area (Å²) in [6.45, 7) is -0.594. The SMILES string of the molecule is OC(CNc1ncc(Br)s1)C(F)(F)F. The molecule has 1 aromatic heterocycles. The maximum absolute atomic E-state index is 11.8. The molecule has 0 aliphatic heterocycles. The van der Waals surface area contributed by atoms with Gasteiger partial charge in [-0.15, -0.1) is 0 Å². The van der Waals surface area contributed by atoms with Gasteiger partial charge in [0.2, 0.25) is 0 Å². The minimum atomic E-state index is -4.60. The first kappa shape index (κ1) is 11.7. The first-order valence-electron chi connectivity index (χ1n) is 3.49. The number of hydrogen-bond donors (Lipinski definition) is 2. The Morgan fingerprint density at radius 3 is 2.71 bits per heavy atom. The zero-order valence-corrected chi connectivity index (χ0v) is 9.08. The summed E-state index contributed by atoms with van der Waals surface area (Å²) in [6, 6.07) is 0. The van der Waals surface area contributed by atoms with Crippen LogP contribution in [0.3, 0.4) is 0 Å². The van der Waals surface area contributed by atoms with E-state index in [1.807, 2.05) is 0 Å². The summed E-state index contributed by atoms with van der Waals surface area (Å²) >= 11 is 4.27. The molecular weight excluding hydrogens is 285 g/mol. The van der Waals surface area contributed by atoms with Crippen molar-refractivity contribution in [2.45, 2.75) is 12.3 Å². The Morgan fingerprint density at radius 1 is 1.64 bits per heavy atom. The molecule has 3 nitrogen and oxygen atoms in total. The molecule has 0 aliphatic rings. The molecule has 1 unspecified atom stereocenters. The van der Waals surface area contributed by atoms with Crippen molar-refractivity contribution in [2.24, 2.45) is 0 Å². The van der Waals surface area contributed by atoms with Crippen LogP contribution >= 0.6 is 27.3 Å². The second-order valence-corrected chi connectivity index (χ2v) is 4.82. The molecule has 0 bridgehead atoms. The van der Waals surface area contributed by atoms with Gasteiger partial charge >= 0.3 is 6.18 Å². The molecule has 0 radical (unpaired) electrons. The topological polar surface area (TPSA) is 45.1 Å². The normalized spacial score (nSPS) is 14.1. The van der Waals surface area contributed by atoms with Crippen LogP contribution in [0.25, 0.3) is 0 Å². The van der Waals surface area contributed by atoms with E-state index in [-0.39, 0.29) is 0 Å². The van der Waals surface area contributed by atoms with E-state index in [0.29, 0.717) is 8.92 Å². The van der Waals surface area contributed by atoms with Crippen molar-refractivity contribution in [3.63, 3.8) is 0 Å². The third-order valence-electron chi connectivity index (χ3n) is 1.30. The van der Waals surface area contributed by atoms with E-state index in [4.69, 9.17) is 5.11 Å². The Bertz CT molecular complexity index is 304. The first-order valence-corrected chi connectivity index (χ1v) is 5.10. The number of aromatic nitrogens is 1. The average Bonchev–Trinajstić information content (AvgIpc) is 2.45. The Labute approximate surface area is 90.1 Å². The van der Waals surface area contributed by atoms with Crippen molar-refractivity contribution >= 4 is 32.4 Å². The second-order valence-electron chi connectivity index (χ2n) is 2.41. The number of aliphatic hydroxyl groups excluding tert-OH is 1. The molecule has 2 N–H and O–H groups in total. The van der Waals surface area contributed by atoms with Crippen molar-refractivity contribution in [2.75, 3.05) is 11.9 Å². The van der Waals surface area contributed by atoms with Gasteiger partial charge in [0.05, 0.1) is 16.5 Å². The van der Waals surface area contributed by atoms with Gasteiger partial charge in [0, 0.05) is 0 Å². The zero-order valence-electron chi connectivity index (χ0n) is 6.68. The number of anilines is 1.